The van der Waals surface area contributed by atoms with Crippen LogP contribution in [0, 0.1) is 0 Å². The summed E-state index contributed by atoms with van der Waals surface area (Å²) in [6, 6.07) is 18.4. The van der Waals surface area contributed by atoms with Crippen molar-refractivity contribution in [3.8, 4) is 17.2 Å². The largest absolute Gasteiger partial charge is 0.497 e. The van der Waals surface area contributed by atoms with Crippen LogP contribution in [0.1, 0.15) is 21.5 Å². The van der Waals surface area contributed by atoms with E-state index < -0.39 is 11.5 Å². The minimum absolute atomic E-state index is 0.155. The molecule has 0 N–H and O–H groups in total. The number of halogens is 2. The lowest BCUT2D eigenvalue weighted by Gasteiger charge is -2.26. The molecule has 11 heteroatoms. The van der Waals surface area contributed by atoms with Gasteiger partial charge in [-0.1, -0.05) is 47.5 Å². The Morgan fingerprint density at radius 1 is 0.854 bits per heavy atom. The maximum atomic E-state index is 13.9. The summed E-state index contributed by atoms with van der Waals surface area (Å²) < 4.78 is 16.8. The van der Waals surface area contributed by atoms with Gasteiger partial charge < -0.3 is 24.0 Å². The van der Waals surface area contributed by atoms with Crippen LogP contribution in [0.4, 0.5) is 11.5 Å². The minimum Gasteiger partial charge on any atom is -0.497 e. The van der Waals surface area contributed by atoms with Gasteiger partial charge in [0.15, 0.2) is 11.4 Å². The van der Waals surface area contributed by atoms with E-state index in [4.69, 9.17) is 37.4 Å². The van der Waals surface area contributed by atoms with E-state index in [1.807, 2.05) is 72.4 Å². The van der Waals surface area contributed by atoms with Crippen LogP contribution in [0.2, 0.25) is 10.0 Å². The number of benzene rings is 3. The molecule has 0 atom stereocenters. The zero-order valence-electron chi connectivity index (χ0n) is 23.4. The number of hydrogen-bond acceptors (Lipinski definition) is 8. The molecule has 1 heterocycles. The minimum atomic E-state index is -0.835. The third-order valence-corrected chi connectivity index (χ3v) is 7.04. The first kappa shape index (κ1) is 29.8. The van der Waals surface area contributed by atoms with Gasteiger partial charge in [-0.3, -0.25) is 9.36 Å². The molecule has 0 amide bonds. The van der Waals surface area contributed by atoms with Crippen LogP contribution in [-0.2, 0) is 17.8 Å². The number of nitrogens with zero attached hydrogens (tertiary/aromatic N) is 4. The average Bonchev–Trinajstić information content (AvgIpc) is 2.97. The highest BCUT2D eigenvalue weighted by Crippen LogP contribution is 2.33. The second kappa shape index (κ2) is 13.0. The standard InChI is InChI=1S/C30H30Cl2N4O5/c1-34(2)21-14-24(31)27(25(32)15-21)36-18-33-28(26(29(36)37)30(38)41-5)35(16-19-6-10-22(39-3)11-7-19)17-20-8-12-23(40-4)13-9-20/h6-15,18H,16-17H2,1-5H3. The SMILES string of the molecule is COC(=O)c1c(N(Cc2ccc(OC)cc2)Cc2ccc(OC)cc2)ncn(-c2c(Cl)cc(N(C)C)cc2Cl)c1=O. The zero-order valence-corrected chi connectivity index (χ0v) is 24.9. The fourth-order valence-electron chi connectivity index (χ4n) is 4.27. The van der Waals surface area contributed by atoms with Gasteiger partial charge in [0, 0.05) is 32.9 Å². The quantitative estimate of drug-likeness (QED) is 0.218. The van der Waals surface area contributed by atoms with Gasteiger partial charge in [0.25, 0.3) is 5.56 Å². The van der Waals surface area contributed by atoms with Gasteiger partial charge in [0.05, 0.1) is 37.1 Å². The molecule has 0 saturated carbocycles. The van der Waals surface area contributed by atoms with Crippen LogP contribution >= 0.6 is 23.2 Å². The van der Waals surface area contributed by atoms with Crippen LogP contribution in [0.25, 0.3) is 5.69 Å². The van der Waals surface area contributed by atoms with E-state index >= 15 is 0 Å². The molecule has 3 aromatic carbocycles. The normalized spacial score (nSPS) is 10.7. The molecule has 0 aliphatic carbocycles. The Hall–Kier alpha value is -4.21. The lowest BCUT2D eigenvalue weighted by Crippen LogP contribution is -2.33. The molecule has 41 heavy (non-hydrogen) atoms. The highest BCUT2D eigenvalue weighted by molar-refractivity contribution is 6.38. The van der Waals surface area contributed by atoms with Gasteiger partial charge >= 0.3 is 5.97 Å². The van der Waals surface area contributed by atoms with Crippen molar-refractivity contribution < 1.29 is 19.0 Å². The summed E-state index contributed by atoms with van der Waals surface area (Å²) in [7, 11) is 8.10. The Balaban J connectivity index is 1.86. The van der Waals surface area contributed by atoms with Gasteiger partial charge in [0.1, 0.15) is 17.8 Å². The number of hydrogen-bond donors (Lipinski definition) is 0. The first-order valence-electron chi connectivity index (χ1n) is 12.5. The van der Waals surface area contributed by atoms with Crippen molar-refractivity contribution in [3.05, 3.63) is 104 Å². The van der Waals surface area contributed by atoms with Crippen molar-refractivity contribution >= 4 is 40.7 Å². The van der Waals surface area contributed by atoms with Crippen molar-refractivity contribution in [2.75, 3.05) is 45.2 Å². The Bertz CT molecular complexity index is 1520. The van der Waals surface area contributed by atoms with Gasteiger partial charge in [-0.2, -0.15) is 0 Å². The summed E-state index contributed by atoms with van der Waals surface area (Å²) in [6.07, 6.45) is 1.32. The summed E-state index contributed by atoms with van der Waals surface area (Å²) in [4.78, 5) is 35.3. The maximum absolute atomic E-state index is 13.9. The number of aromatic nitrogens is 2. The van der Waals surface area contributed by atoms with E-state index in [2.05, 4.69) is 4.98 Å². The number of esters is 1. The summed E-state index contributed by atoms with van der Waals surface area (Å²) >= 11 is 13.1. The van der Waals surface area contributed by atoms with Gasteiger partial charge in [-0.05, 0) is 47.5 Å². The molecule has 1 aromatic heterocycles. The van der Waals surface area contributed by atoms with Gasteiger partial charge in [-0.15, -0.1) is 0 Å². The van der Waals surface area contributed by atoms with Crippen molar-refractivity contribution in [2.45, 2.75) is 13.1 Å². The summed E-state index contributed by atoms with van der Waals surface area (Å²) in [5, 5.41) is 0.448. The van der Waals surface area contributed by atoms with Crippen molar-refractivity contribution in [2.24, 2.45) is 0 Å². The smallest absolute Gasteiger partial charge is 0.347 e. The second-order valence-corrected chi connectivity index (χ2v) is 10.1. The predicted octanol–water partition coefficient (Wildman–Crippen LogP) is 5.62. The highest BCUT2D eigenvalue weighted by atomic mass is 35.5. The molecule has 0 unspecified atom stereocenters. The molecule has 4 rings (SSSR count). The lowest BCUT2D eigenvalue weighted by atomic mass is 10.1. The summed E-state index contributed by atoms with van der Waals surface area (Å²) in [6.45, 7) is 0.658. The molecule has 9 nitrogen and oxygen atoms in total. The molecule has 0 bridgehead atoms. The van der Waals surface area contributed by atoms with Gasteiger partial charge in [-0.25, -0.2) is 9.78 Å². The number of anilines is 2. The van der Waals surface area contributed by atoms with E-state index in [9.17, 15) is 9.59 Å². The Morgan fingerprint density at radius 2 is 1.34 bits per heavy atom. The lowest BCUT2D eigenvalue weighted by molar-refractivity contribution is 0.0598. The number of carbonyl (C=O) groups is 1. The molecule has 0 saturated heterocycles. The van der Waals surface area contributed by atoms with Crippen molar-refractivity contribution in [3.63, 3.8) is 0 Å². The van der Waals surface area contributed by atoms with Gasteiger partial charge in [0.2, 0.25) is 0 Å². The third kappa shape index (κ3) is 6.58. The number of ether oxygens (including phenoxy) is 3. The fourth-order valence-corrected chi connectivity index (χ4v) is 4.93. The predicted molar refractivity (Wildman–Crippen MR) is 161 cm³/mol. The zero-order chi connectivity index (χ0) is 29.7. The number of rotatable bonds is 10. The molecule has 214 valence electrons. The third-order valence-electron chi connectivity index (χ3n) is 6.46. The monoisotopic (exact) mass is 596 g/mol. The molecule has 4 aromatic rings. The topological polar surface area (TPSA) is 86.1 Å². The van der Waals surface area contributed by atoms with E-state index in [1.165, 1.54) is 18.0 Å². The van der Waals surface area contributed by atoms with Crippen LogP contribution in [0.15, 0.2) is 71.8 Å². The van der Waals surface area contributed by atoms with Crippen LogP contribution in [0.5, 0.6) is 11.5 Å². The van der Waals surface area contributed by atoms with E-state index in [-0.39, 0.29) is 27.1 Å². The molecule has 0 spiro atoms. The number of carbonyl (C=O) groups excluding carboxylic acids is 1. The van der Waals surface area contributed by atoms with Crippen LogP contribution in [0.3, 0.4) is 0 Å². The molecule has 0 radical (unpaired) electrons. The molecule has 0 aliphatic heterocycles. The van der Waals surface area contributed by atoms with E-state index in [0.717, 1.165) is 16.8 Å². The number of methoxy groups -OCH3 is 3. The maximum Gasteiger partial charge on any atom is 0.347 e. The highest BCUT2D eigenvalue weighted by Gasteiger charge is 2.27. The molecular formula is C30H30Cl2N4O5. The van der Waals surface area contributed by atoms with Crippen LogP contribution in [-0.4, -0.2) is 50.9 Å². The van der Waals surface area contributed by atoms with Crippen molar-refractivity contribution in [1.29, 1.82) is 0 Å². The Morgan fingerprint density at radius 3 is 1.76 bits per heavy atom. The molecule has 0 fully saturated rings. The average molecular weight is 597 g/mol. The van der Waals surface area contributed by atoms with Crippen molar-refractivity contribution in [1.82, 2.24) is 9.55 Å². The Labute approximate surface area is 248 Å². The second-order valence-electron chi connectivity index (χ2n) is 9.31. The first-order valence-corrected chi connectivity index (χ1v) is 13.3. The van der Waals surface area contributed by atoms with Crippen LogP contribution < -0.4 is 24.8 Å². The van der Waals surface area contributed by atoms with E-state index in [0.29, 0.717) is 24.6 Å². The summed E-state index contributed by atoms with van der Waals surface area (Å²) in [5.41, 5.74) is 1.86. The molecular weight excluding hydrogens is 567 g/mol. The molecule has 0 aliphatic rings. The van der Waals surface area contributed by atoms with E-state index in [1.54, 1.807) is 26.4 Å². The summed E-state index contributed by atoms with van der Waals surface area (Å²) in [5.74, 6) is 0.737. The Kier molecular flexibility index (Phi) is 9.42. The fraction of sp³-hybridized carbons (Fsp3) is 0.233. The first-order chi connectivity index (χ1) is 19.7.